The van der Waals surface area contributed by atoms with Crippen molar-refractivity contribution < 1.29 is 18.0 Å². The van der Waals surface area contributed by atoms with Gasteiger partial charge in [-0.2, -0.15) is 13.2 Å². The summed E-state index contributed by atoms with van der Waals surface area (Å²) in [5, 5.41) is 7.10. The second-order valence-corrected chi connectivity index (χ2v) is 3.27. The van der Waals surface area contributed by atoms with Gasteiger partial charge in [-0.3, -0.25) is 0 Å². The molecule has 15 heavy (non-hydrogen) atoms. The predicted octanol–water partition coefficient (Wildman–Crippen LogP) is 0.576. The van der Waals surface area contributed by atoms with Crippen LogP contribution in [0.1, 0.15) is 5.01 Å². The van der Waals surface area contributed by atoms with Crippen LogP contribution >= 0.6 is 11.3 Å². The number of alkyl halides is 3. The molecule has 1 aromatic heterocycles. The highest BCUT2D eigenvalue weighted by Gasteiger charge is 2.36. The topological polar surface area (TPSA) is 84.1 Å². The number of anilines is 1. The summed E-state index contributed by atoms with van der Waals surface area (Å²) in [5.41, 5.74) is 0. The van der Waals surface area contributed by atoms with Gasteiger partial charge in [-0.1, -0.05) is 11.3 Å². The molecule has 0 fully saturated rings. The molecule has 0 spiro atoms. The second-order valence-electron chi connectivity index (χ2n) is 2.31. The number of hydrogen-bond acceptors (Lipinski definition) is 5. The Kier molecular flexibility index (Phi) is 3.09. The third-order valence-corrected chi connectivity index (χ3v) is 2.26. The van der Waals surface area contributed by atoms with Gasteiger partial charge in [0.15, 0.2) is 0 Å². The highest BCUT2D eigenvalue weighted by Crippen LogP contribution is 2.33. The Bertz CT molecular complexity index is 364. The van der Waals surface area contributed by atoms with Crippen LogP contribution in [0.3, 0.4) is 0 Å². The molecule has 0 bridgehead atoms. The van der Waals surface area contributed by atoms with Gasteiger partial charge in [-0.25, -0.2) is 15.6 Å². The highest BCUT2D eigenvalue weighted by atomic mass is 32.1. The number of aromatic nitrogens is 2. The van der Waals surface area contributed by atoms with E-state index in [1.54, 1.807) is 0 Å². The van der Waals surface area contributed by atoms with Crippen molar-refractivity contribution in [2.45, 2.75) is 6.18 Å². The van der Waals surface area contributed by atoms with E-state index in [1.807, 2.05) is 0 Å². The summed E-state index contributed by atoms with van der Waals surface area (Å²) < 4.78 is 36.3. The number of nitrogens with one attached hydrogen (secondary N) is 1. The Hall–Kier alpha value is -1.42. The molecule has 10 heteroatoms. The third-order valence-electron chi connectivity index (χ3n) is 1.30. The van der Waals surface area contributed by atoms with Gasteiger partial charge in [0, 0.05) is 7.05 Å². The van der Waals surface area contributed by atoms with E-state index in [-0.39, 0.29) is 16.5 Å². The van der Waals surface area contributed by atoms with Crippen molar-refractivity contribution >= 4 is 22.5 Å². The molecule has 0 aliphatic heterocycles. The number of urea groups is 1. The number of halogens is 3. The molecular formula is C5H6F3N5OS. The first-order valence-corrected chi connectivity index (χ1v) is 4.35. The zero-order chi connectivity index (χ0) is 11.6. The van der Waals surface area contributed by atoms with Crippen LogP contribution in [0, 0.1) is 0 Å². The summed E-state index contributed by atoms with van der Waals surface area (Å²) in [6.07, 6.45) is -4.58. The number of amides is 2. The minimum absolute atomic E-state index is 0.184. The van der Waals surface area contributed by atoms with Crippen molar-refractivity contribution in [3.8, 4) is 0 Å². The minimum atomic E-state index is -4.58. The SMILES string of the molecule is CNC(=O)N(N)c1nnc(C(F)(F)F)s1. The predicted molar refractivity (Wildman–Crippen MR) is 46.0 cm³/mol. The first-order chi connectivity index (χ1) is 6.86. The molecule has 3 N–H and O–H groups in total. The van der Waals surface area contributed by atoms with Gasteiger partial charge in [0.05, 0.1) is 0 Å². The van der Waals surface area contributed by atoms with Gasteiger partial charge < -0.3 is 5.32 Å². The molecule has 1 heterocycles. The number of nitrogens with zero attached hydrogens (tertiary/aromatic N) is 3. The average molecular weight is 241 g/mol. The molecule has 1 rings (SSSR count). The normalized spacial score (nSPS) is 11.3. The molecule has 84 valence electrons. The first-order valence-electron chi connectivity index (χ1n) is 3.53. The van der Waals surface area contributed by atoms with Crippen LogP contribution in [-0.4, -0.2) is 23.3 Å². The smallest absolute Gasteiger partial charge is 0.340 e. The maximum absolute atomic E-state index is 12.1. The van der Waals surface area contributed by atoms with Crippen LogP contribution in [-0.2, 0) is 6.18 Å². The van der Waals surface area contributed by atoms with E-state index in [1.165, 1.54) is 7.05 Å². The summed E-state index contributed by atoms with van der Waals surface area (Å²) in [6.45, 7) is 0. The molecule has 0 atom stereocenters. The lowest BCUT2D eigenvalue weighted by Crippen LogP contribution is -2.43. The number of rotatable bonds is 1. The molecule has 0 aliphatic carbocycles. The molecule has 6 nitrogen and oxygen atoms in total. The fourth-order valence-electron chi connectivity index (χ4n) is 0.635. The number of nitrogens with two attached hydrogens (primary N) is 1. The van der Waals surface area contributed by atoms with E-state index in [0.29, 0.717) is 5.01 Å². The molecule has 1 aromatic rings. The van der Waals surface area contributed by atoms with Crippen LogP contribution in [0.5, 0.6) is 0 Å². The largest absolute Gasteiger partial charge is 0.445 e. The van der Waals surface area contributed by atoms with Gasteiger partial charge >= 0.3 is 12.2 Å². The summed E-state index contributed by atoms with van der Waals surface area (Å²) in [4.78, 5) is 10.9. The average Bonchev–Trinajstić information content (AvgIpc) is 2.63. The summed E-state index contributed by atoms with van der Waals surface area (Å²) in [6, 6.07) is -0.778. The van der Waals surface area contributed by atoms with Crippen molar-refractivity contribution in [1.82, 2.24) is 15.5 Å². The van der Waals surface area contributed by atoms with Crippen molar-refractivity contribution in [2.24, 2.45) is 5.84 Å². The maximum atomic E-state index is 12.1. The standard InChI is InChI=1S/C5H6F3N5OS/c1-10-3(14)13(9)4-12-11-2(15-4)5(6,7)8/h9H2,1H3,(H,10,14). The van der Waals surface area contributed by atoms with E-state index >= 15 is 0 Å². The lowest BCUT2D eigenvalue weighted by Gasteiger charge is -2.10. The van der Waals surface area contributed by atoms with Crippen molar-refractivity contribution in [1.29, 1.82) is 0 Å². The van der Waals surface area contributed by atoms with Crippen molar-refractivity contribution in [3.63, 3.8) is 0 Å². The molecule has 0 radical (unpaired) electrons. The van der Waals surface area contributed by atoms with Gasteiger partial charge in [0.25, 0.3) is 0 Å². The Balaban J connectivity index is 2.89. The van der Waals surface area contributed by atoms with E-state index in [4.69, 9.17) is 5.84 Å². The van der Waals surface area contributed by atoms with Gasteiger partial charge in [0.1, 0.15) is 0 Å². The zero-order valence-corrected chi connectivity index (χ0v) is 8.19. The molecular weight excluding hydrogens is 235 g/mol. The van der Waals surface area contributed by atoms with E-state index in [9.17, 15) is 18.0 Å². The lowest BCUT2D eigenvalue weighted by atomic mass is 10.7. The summed E-state index contributed by atoms with van der Waals surface area (Å²) >= 11 is 0.184. The number of hydrazine groups is 1. The quantitative estimate of drug-likeness (QED) is 0.428. The number of carbonyl (C=O) groups excluding carboxylic acids is 1. The van der Waals surface area contributed by atoms with Crippen LogP contribution < -0.4 is 16.2 Å². The monoisotopic (exact) mass is 241 g/mol. The Labute approximate surface area is 85.9 Å². The Morgan fingerprint density at radius 3 is 2.53 bits per heavy atom. The maximum Gasteiger partial charge on any atom is 0.445 e. The third kappa shape index (κ3) is 2.53. The summed E-state index contributed by atoms with van der Waals surface area (Å²) in [5.74, 6) is 5.17. The summed E-state index contributed by atoms with van der Waals surface area (Å²) in [7, 11) is 1.29. The molecule has 0 saturated heterocycles. The minimum Gasteiger partial charge on any atom is -0.340 e. The van der Waals surface area contributed by atoms with E-state index in [2.05, 4.69) is 15.5 Å². The molecule has 0 aromatic carbocycles. The first kappa shape index (κ1) is 11.7. The van der Waals surface area contributed by atoms with Gasteiger partial charge in [0.2, 0.25) is 10.1 Å². The van der Waals surface area contributed by atoms with Gasteiger partial charge in [-0.15, -0.1) is 10.2 Å². The van der Waals surface area contributed by atoms with Crippen LogP contribution in [0.2, 0.25) is 0 Å². The van der Waals surface area contributed by atoms with Crippen LogP contribution in [0.15, 0.2) is 0 Å². The van der Waals surface area contributed by atoms with Crippen LogP contribution in [0.25, 0.3) is 0 Å². The molecule has 2 amide bonds. The molecule has 0 saturated carbocycles. The lowest BCUT2D eigenvalue weighted by molar-refractivity contribution is -0.138. The Morgan fingerprint density at radius 1 is 1.53 bits per heavy atom. The van der Waals surface area contributed by atoms with Gasteiger partial charge in [-0.05, 0) is 0 Å². The Morgan fingerprint density at radius 2 is 2.13 bits per heavy atom. The van der Waals surface area contributed by atoms with Crippen LogP contribution in [0.4, 0.5) is 23.1 Å². The van der Waals surface area contributed by atoms with E-state index < -0.39 is 17.2 Å². The molecule has 0 unspecified atom stereocenters. The second kappa shape index (κ2) is 3.98. The van der Waals surface area contributed by atoms with Crippen molar-refractivity contribution in [3.05, 3.63) is 5.01 Å². The fourth-order valence-corrected chi connectivity index (χ4v) is 1.27. The molecule has 0 aliphatic rings. The van der Waals surface area contributed by atoms with E-state index in [0.717, 1.165) is 0 Å². The zero-order valence-electron chi connectivity index (χ0n) is 7.37. The number of carbonyl (C=O) groups is 1. The van der Waals surface area contributed by atoms with Crippen molar-refractivity contribution in [2.75, 3.05) is 12.1 Å². The highest BCUT2D eigenvalue weighted by molar-refractivity contribution is 7.15. The number of hydrogen-bond donors (Lipinski definition) is 2. The fraction of sp³-hybridized carbons (Fsp3) is 0.400.